The minimum atomic E-state index is 0.600. The van der Waals surface area contributed by atoms with Gasteiger partial charge in [-0.25, -0.2) is 4.98 Å². The van der Waals surface area contributed by atoms with E-state index in [9.17, 15) is 4.79 Å². The molecule has 0 unspecified atom stereocenters. The van der Waals surface area contributed by atoms with E-state index in [-0.39, 0.29) is 0 Å². The Morgan fingerprint density at radius 1 is 1.12 bits per heavy atom. The Hall–Kier alpha value is -2.34. The molecule has 128 valence electrons. The number of piperazine rings is 1. The van der Waals surface area contributed by atoms with Crippen LogP contribution in [-0.4, -0.2) is 63.1 Å². The Morgan fingerprint density at radius 3 is 2.46 bits per heavy atom. The van der Waals surface area contributed by atoms with Crippen LogP contribution in [0.5, 0.6) is 11.5 Å². The number of hydrogen-bond acceptors (Lipinski definition) is 6. The van der Waals surface area contributed by atoms with Gasteiger partial charge in [-0.1, -0.05) is 6.92 Å². The first-order chi connectivity index (χ1) is 11.7. The van der Waals surface area contributed by atoms with Crippen molar-refractivity contribution in [1.29, 1.82) is 0 Å². The number of carbonyl (C=O) groups is 1. The number of hydrogen-bond donors (Lipinski definition) is 0. The molecule has 0 bridgehead atoms. The average molecular weight is 329 g/mol. The van der Waals surface area contributed by atoms with E-state index in [0.717, 1.165) is 55.7 Å². The maximum Gasteiger partial charge on any atom is 0.153 e. The first-order valence-electron chi connectivity index (χ1n) is 8.19. The normalized spacial score (nSPS) is 15.5. The fourth-order valence-electron chi connectivity index (χ4n) is 3.12. The summed E-state index contributed by atoms with van der Waals surface area (Å²) in [5.41, 5.74) is 1.35. The van der Waals surface area contributed by atoms with Gasteiger partial charge in [0.1, 0.15) is 22.8 Å². The van der Waals surface area contributed by atoms with Crippen molar-refractivity contribution in [3.05, 3.63) is 23.8 Å². The summed E-state index contributed by atoms with van der Waals surface area (Å²) in [6.07, 6.45) is 0.875. The number of fused-ring (bicyclic) bond motifs is 1. The van der Waals surface area contributed by atoms with Crippen molar-refractivity contribution in [3.8, 4) is 11.5 Å². The zero-order valence-corrected chi connectivity index (χ0v) is 14.4. The number of aldehydes is 1. The van der Waals surface area contributed by atoms with Crippen LogP contribution >= 0.6 is 0 Å². The molecule has 6 nitrogen and oxygen atoms in total. The van der Waals surface area contributed by atoms with E-state index in [1.807, 2.05) is 18.2 Å². The Bertz CT molecular complexity index is 740. The van der Waals surface area contributed by atoms with Gasteiger partial charge in [-0.05, 0) is 18.7 Å². The third-order valence-corrected chi connectivity index (χ3v) is 4.57. The van der Waals surface area contributed by atoms with Crippen molar-refractivity contribution in [2.45, 2.75) is 6.92 Å². The van der Waals surface area contributed by atoms with Crippen molar-refractivity contribution in [2.24, 2.45) is 0 Å². The second kappa shape index (κ2) is 7.05. The lowest BCUT2D eigenvalue weighted by atomic mass is 10.1. The van der Waals surface area contributed by atoms with Crippen LogP contribution < -0.4 is 14.4 Å². The van der Waals surface area contributed by atoms with E-state index in [1.165, 1.54) is 0 Å². The summed E-state index contributed by atoms with van der Waals surface area (Å²) in [5, 5.41) is 0.837. The zero-order chi connectivity index (χ0) is 17.1. The minimum absolute atomic E-state index is 0.600. The summed E-state index contributed by atoms with van der Waals surface area (Å²) in [4.78, 5) is 20.9. The van der Waals surface area contributed by atoms with Gasteiger partial charge in [0.05, 0.1) is 19.8 Å². The molecule has 1 aliphatic heterocycles. The van der Waals surface area contributed by atoms with E-state index in [0.29, 0.717) is 17.1 Å². The molecule has 1 aromatic carbocycles. The van der Waals surface area contributed by atoms with Crippen LogP contribution in [0, 0.1) is 0 Å². The maximum atomic E-state index is 11.6. The summed E-state index contributed by atoms with van der Waals surface area (Å²) in [5.74, 6) is 2.06. The molecule has 0 spiro atoms. The van der Waals surface area contributed by atoms with Crippen molar-refractivity contribution in [1.82, 2.24) is 9.88 Å². The van der Waals surface area contributed by atoms with Crippen LogP contribution in [0.2, 0.25) is 0 Å². The van der Waals surface area contributed by atoms with Crippen molar-refractivity contribution >= 4 is 23.0 Å². The van der Waals surface area contributed by atoms with E-state index in [4.69, 9.17) is 14.5 Å². The van der Waals surface area contributed by atoms with Gasteiger partial charge < -0.3 is 19.3 Å². The standard InChI is InChI=1S/C18H23N3O3/c1-4-20-5-7-21(8-6-20)18-14(12-22)9-13-10-15(23-2)11-16(24-3)17(13)19-18/h9-12H,4-8H2,1-3H3. The number of likely N-dealkylation sites (N-methyl/N-ethyl adjacent to an activating group) is 1. The molecule has 2 aromatic rings. The van der Waals surface area contributed by atoms with E-state index in [1.54, 1.807) is 14.2 Å². The summed E-state index contributed by atoms with van der Waals surface area (Å²) in [6.45, 7) is 6.91. The highest BCUT2D eigenvalue weighted by atomic mass is 16.5. The molecule has 2 heterocycles. The van der Waals surface area contributed by atoms with Gasteiger partial charge in [-0.15, -0.1) is 0 Å². The van der Waals surface area contributed by atoms with Gasteiger partial charge in [0.2, 0.25) is 0 Å². The number of nitrogens with zero attached hydrogens (tertiary/aromatic N) is 3. The summed E-state index contributed by atoms with van der Waals surface area (Å²) < 4.78 is 10.8. The second-order valence-electron chi connectivity index (χ2n) is 5.84. The fraction of sp³-hybridized carbons (Fsp3) is 0.444. The monoisotopic (exact) mass is 329 g/mol. The molecule has 24 heavy (non-hydrogen) atoms. The van der Waals surface area contributed by atoms with Crippen LogP contribution in [0.4, 0.5) is 5.82 Å². The zero-order valence-electron chi connectivity index (χ0n) is 14.4. The number of aromatic nitrogens is 1. The van der Waals surface area contributed by atoms with Gasteiger partial charge in [-0.3, -0.25) is 4.79 Å². The van der Waals surface area contributed by atoms with Crippen molar-refractivity contribution in [3.63, 3.8) is 0 Å². The minimum Gasteiger partial charge on any atom is -0.497 e. The number of methoxy groups -OCH3 is 2. The molecule has 0 saturated carbocycles. The Morgan fingerprint density at radius 2 is 1.88 bits per heavy atom. The van der Waals surface area contributed by atoms with Gasteiger partial charge >= 0.3 is 0 Å². The quantitative estimate of drug-likeness (QED) is 0.784. The molecule has 0 radical (unpaired) electrons. The molecule has 3 rings (SSSR count). The Balaban J connectivity index is 2.06. The first-order valence-corrected chi connectivity index (χ1v) is 8.19. The maximum absolute atomic E-state index is 11.6. The predicted molar refractivity (Wildman–Crippen MR) is 94.6 cm³/mol. The van der Waals surface area contributed by atoms with E-state index >= 15 is 0 Å². The SMILES string of the molecule is CCN1CCN(c2nc3c(OC)cc(OC)cc3cc2C=O)CC1. The topological polar surface area (TPSA) is 54.9 Å². The van der Waals surface area contributed by atoms with Gasteiger partial charge in [0.25, 0.3) is 0 Å². The number of benzene rings is 1. The molecule has 0 atom stereocenters. The Kier molecular flexibility index (Phi) is 4.85. The average Bonchev–Trinajstić information content (AvgIpc) is 2.65. The summed E-state index contributed by atoms with van der Waals surface area (Å²) in [7, 11) is 3.22. The highest BCUT2D eigenvalue weighted by Gasteiger charge is 2.21. The van der Waals surface area contributed by atoms with Crippen molar-refractivity contribution in [2.75, 3.05) is 51.8 Å². The third kappa shape index (κ3) is 3.01. The number of rotatable bonds is 5. The number of ether oxygens (including phenoxy) is 2. The van der Waals surface area contributed by atoms with Crippen LogP contribution in [-0.2, 0) is 0 Å². The van der Waals surface area contributed by atoms with Gasteiger partial charge in [-0.2, -0.15) is 0 Å². The molecular weight excluding hydrogens is 306 g/mol. The molecule has 0 aliphatic carbocycles. The van der Waals surface area contributed by atoms with Crippen LogP contribution in [0.25, 0.3) is 10.9 Å². The Labute approximate surface area is 142 Å². The number of anilines is 1. The molecule has 0 amide bonds. The van der Waals surface area contributed by atoms with E-state index in [2.05, 4.69) is 16.7 Å². The third-order valence-electron chi connectivity index (χ3n) is 4.57. The second-order valence-corrected chi connectivity index (χ2v) is 5.84. The fourth-order valence-corrected chi connectivity index (χ4v) is 3.12. The smallest absolute Gasteiger partial charge is 0.153 e. The summed E-state index contributed by atoms with van der Waals surface area (Å²) >= 11 is 0. The van der Waals surface area contributed by atoms with Crippen molar-refractivity contribution < 1.29 is 14.3 Å². The van der Waals surface area contributed by atoms with Crippen LogP contribution in [0.3, 0.4) is 0 Å². The van der Waals surface area contributed by atoms with Gasteiger partial charge in [0.15, 0.2) is 6.29 Å². The highest BCUT2D eigenvalue weighted by Crippen LogP contribution is 2.33. The first kappa shape index (κ1) is 16.5. The number of carbonyl (C=O) groups excluding carboxylic acids is 1. The van der Waals surface area contributed by atoms with Gasteiger partial charge in [0, 0.05) is 37.6 Å². The number of pyridine rings is 1. The lowest BCUT2D eigenvalue weighted by molar-refractivity contribution is 0.112. The largest absolute Gasteiger partial charge is 0.497 e. The van der Waals surface area contributed by atoms with Crippen LogP contribution in [0.15, 0.2) is 18.2 Å². The molecule has 0 N–H and O–H groups in total. The molecule has 1 fully saturated rings. The van der Waals surface area contributed by atoms with E-state index < -0.39 is 0 Å². The highest BCUT2D eigenvalue weighted by molar-refractivity contribution is 5.95. The summed E-state index contributed by atoms with van der Waals surface area (Å²) in [6, 6.07) is 5.55. The predicted octanol–water partition coefficient (Wildman–Crippen LogP) is 2.21. The molecule has 1 saturated heterocycles. The lowest BCUT2D eigenvalue weighted by Crippen LogP contribution is -2.46. The molecular formula is C18H23N3O3. The molecule has 1 aromatic heterocycles. The molecule has 1 aliphatic rings. The lowest BCUT2D eigenvalue weighted by Gasteiger charge is -2.35. The molecule has 6 heteroatoms. The van der Waals surface area contributed by atoms with Crippen LogP contribution in [0.1, 0.15) is 17.3 Å².